The smallest absolute Gasteiger partial charge is 0.294 e. The minimum atomic E-state index is -0.424. The van der Waals surface area contributed by atoms with E-state index in [9.17, 15) is 9.59 Å². The lowest BCUT2D eigenvalue weighted by atomic mass is 10.2. The molecule has 3 heterocycles. The van der Waals surface area contributed by atoms with Gasteiger partial charge in [-0.05, 0) is 43.7 Å². The highest BCUT2D eigenvalue weighted by Gasteiger charge is 2.19. The number of benzene rings is 1. The normalized spacial score (nSPS) is 11.1. The second-order valence-corrected chi connectivity index (χ2v) is 7.82. The Morgan fingerprint density at radius 2 is 2.14 bits per heavy atom. The second kappa shape index (κ2) is 7.21. The molecule has 1 N–H and O–H groups in total. The van der Waals surface area contributed by atoms with Gasteiger partial charge in [0.1, 0.15) is 12.2 Å². The number of rotatable bonds is 4. The molecule has 7 nitrogen and oxygen atoms in total. The molecule has 0 unspecified atom stereocenters. The van der Waals surface area contributed by atoms with Gasteiger partial charge in [0, 0.05) is 10.7 Å². The van der Waals surface area contributed by atoms with Gasteiger partial charge in [-0.25, -0.2) is 9.67 Å². The van der Waals surface area contributed by atoms with Crippen molar-refractivity contribution in [3.8, 4) is 11.5 Å². The fourth-order valence-corrected chi connectivity index (χ4v) is 3.84. The van der Waals surface area contributed by atoms with Gasteiger partial charge in [-0.1, -0.05) is 17.7 Å². The minimum absolute atomic E-state index is 0.259. The molecule has 0 radical (unpaired) electrons. The summed E-state index contributed by atoms with van der Waals surface area (Å²) in [5, 5.41) is 8.38. The molecule has 0 saturated heterocycles. The number of thiazole rings is 1. The molecule has 142 valence electrons. The zero-order chi connectivity index (χ0) is 19.8. The van der Waals surface area contributed by atoms with Crippen LogP contribution in [0, 0.1) is 13.8 Å². The van der Waals surface area contributed by atoms with E-state index in [-0.39, 0.29) is 12.1 Å². The van der Waals surface area contributed by atoms with Crippen molar-refractivity contribution < 1.29 is 9.21 Å². The molecular formula is C19H15ClN4O3S. The van der Waals surface area contributed by atoms with Crippen LogP contribution in [-0.2, 0) is 11.3 Å². The lowest BCUT2D eigenvalue weighted by Crippen LogP contribution is -2.30. The first-order valence-corrected chi connectivity index (χ1v) is 9.60. The summed E-state index contributed by atoms with van der Waals surface area (Å²) in [5.41, 5.74) is 1.79. The van der Waals surface area contributed by atoms with Crippen LogP contribution in [0.1, 0.15) is 10.6 Å². The molecule has 0 aliphatic carbocycles. The number of aryl methyl sites for hydroxylation is 2. The Morgan fingerprint density at radius 1 is 1.32 bits per heavy atom. The van der Waals surface area contributed by atoms with Crippen LogP contribution in [0.3, 0.4) is 0 Å². The predicted molar refractivity (Wildman–Crippen MR) is 109 cm³/mol. The lowest BCUT2D eigenvalue weighted by molar-refractivity contribution is -0.117. The fraction of sp³-hybridized carbons (Fsp3) is 0.158. The van der Waals surface area contributed by atoms with Gasteiger partial charge in [0.25, 0.3) is 5.56 Å². The van der Waals surface area contributed by atoms with Crippen molar-refractivity contribution in [2.45, 2.75) is 20.4 Å². The number of fused-ring (bicyclic) bond motifs is 1. The van der Waals surface area contributed by atoms with Crippen LogP contribution < -0.4 is 10.9 Å². The van der Waals surface area contributed by atoms with Gasteiger partial charge in [-0.3, -0.25) is 9.59 Å². The highest BCUT2D eigenvalue weighted by molar-refractivity contribution is 7.19. The van der Waals surface area contributed by atoms with Crippen molar-refractivity contribution in [3.05, 3.63) is 62.5 Å². The van der Waals surface area contributed by atoms with Gasteiger partial charge >= 0.3 is 0 Å². The standard InChI is InChI=1S/C19H15ClN4O3S/c1-10-5-6-12(8-13(10)20)22-15(25)9-24-19(26)17-18(28-11(2)21-17)16(23-24)14-4-3-7-27-14/h3-8H,9H2,1-2H3,(H,22,25). The summed E-state index contributed by atoms with van der Waals surface area (Å²) in [6.07, 6.45) is 1.53. The number of amides is 1. The van der Waals surface area contributed by atoms with E-state index in [1.807, 2.05) is 19.9 Å². The van der Waals surface area contributed by atoms with E-state index >= 15 is 0 Å². The van der Waals surface area contributed by atoms with Crippen molar-refractivity contribution in [1.82, 2.24) is 14.8 Å². The van der Waals surface area contributed by atoms with E-state index in [2.05, 4.69) is 15.4 Å². The first-order chi connectivity index (χ1) is 13.4. The van der Waals surface area contributed by atoms with Gasteiger partial charge in [-0.2, -0.15) is 5.10 Å². The average molecular weight is 415 g/mol. The summed E-state index contributed by atoms with van der Waals surface area (Å²) in [6, 6.07) is 8.70. The minimum Gasteiger partial charge on any atom is -0.463 e. The van der Waals surface area contributed by atoms with Gasteiger partial charge < -0.3 is 9.73 Å². The van der Waals surface area contributed by atoms with Crippen molar-refractivity contribution in [1.29, 1.82) is 0 Å². The predicted octanol–water partition coefficient (Wildman–Crippen LogP) is 4.02. The molecule has 0 atom stereocenters. The van der Waals surface area contributed by atoms with Crippen LogP contribution >= 0.6 is 22.9 Å². The van der Waals surface area contributed by atoms with Gasteiger partial charge in [0.2, 0.25) is 5.91 Å². The summed E-state index contributed by atoms with van der Waals surface area (Å²) < 4.78 is 7.18. The maximum atomic E-state index is 12.8. The Morgan fingerprint density at radius 3 is 2.86 bits per heavy atom. The van der Waals surface area contributed by atoms with E-state index in [0.717, 1.165) is 15.3 Å². The third kappa shape index (κ3) is 3.44. The van der Waals surface area contributed by atoms with Crippen LogP contribution in [-0.4, -0.2) is 20.7 Å². The maximum Gasteiger partial charge on any atom is 0.294 e. The SMILES string of the molecule is Cc1nc2c(=O)n(CC(=O)Nc3ccc(C)c(Cl)c3)nc(-c3ccco3)c2s1. The fourth-order valence-electron chi connectivity index (χ4n) is 2.76. The first kappa shape index (κ1) is 18.4. The van der Waals surface area contributed by atoms with Crippen LogP contribution in [0.5, 0.6) is 0 Å². The first-order valence-electron chi connectivity index (χ1n) is 8.40. The van der Waals surface area contributed by atoms with Crippen molar-refractivity contribution in [3.63, 3.8) is 0 Å². The molecule has 1 amide bonds. The summed E-state index contributed by atoms with van der Waals surface area (Å²) in [5.74, 6) is 0.111. The number of nitrogens with one attached hydrogen (secondary N) is 1. The molecule has 0 fully saturated rings. The zero-order valence-corrected chi connectivity index (χ0v) is 16.6. The Bertz CT molecular complexity index is 1240. The summed E-state index contributed by atoms with van der Waals surface area (Å²) >= 11 is 7.45. The number of aromatic nitrogens is 3. The van der Waals surface area contributed by atoms with Gasteiger partial charge in [0.05, 0.1) is 16.0 Å². The van der Waals surface area contributed by atoms with E-state index in [0.29, 0.717) is 26.9 Å². The molecular weight excluding hydrogens is 400 g/mol. The number of anilines is 1. The molecule has 0 spiro atoms. The van der Waals surface area contributed by atoms with E-state index in [1.165, 1.54) is 17.6 Å². The van der Waals surface area contributed by atoms with Gasteiger partial charge in [-0.15, -0.1) is 11.3 Å². The summed E-state index contributed by atoms with van der Waals surface area (Å²) in [6.45, 7) is 3.43. The summed E-state index contributed by atoms with van der Waals surface area (Å²) in [7, 11) is 0. The topological polar surface area (TPSA) is 90.0 Å². The molecule has 1 aromatic carbocycles. The number of halogens is 1. The molecule has 0 bridgehead atoms. The summed E-state index contributed by atoms with van der Waals surface area (Å²) in [4.78, 5) is 29.5. The monoisotopic (exact) mass is 414 g/mol. The van der Waals surface area contributed by atoms with Crippen molar-refractivity contribution >= 4 is 44.7 Å². The number of nitrogens with zero attached hydrogens (tertiary/aromatic N) is 3. The Hall–Kier alpha value is -2.97. The molecule has 28 heavy (non-hydrogen) atoms. The quantitative estimate of drug-likeness (QED) is 0.544. The lowest BCUT2D eigenvalue weighted by Gasteiger charge is -2.09. The van der Waals surface area contributed by atoms with Crippen LogP contribution in [0.4, 0.5) is 5.69 Å². The largest absolute Gasteiger partial charge is 0.463 e. The Kier molecular flexibility index (Phi) is 4.74. The third-order valence-corrected chi connectivity index (χ3v) is 5.50. The number of hydrogen-bond donors (Lipinski definition) is 1. The highest BCUT2D eigenvalue weighted by Crippen LogP contribution is 2.29. The number of furan rings is 1. The van der Waals surface area contributed by atoms with Crippen molar-refractivity contribution in [2.24, 2.45) is 0 Å². The van der Waals surface area contributed by atoms with Crippen LogP contribution in [0.15, 0.2) is 45.8 Å². The average Bonchev–Trinajstić information content (AvgIpc) is 3.30. The Labute approximate surface area is 168 Å². The van der Waals surface area contributed by atoms with Crippen LogP contribution in [0.2, 0.25) is 5.02 Å². The number of hydrogen-bond acceptors (Lipinski definition) is 6. The maximum absolute atomic E-state index is 12.8. The van der Waals surface area contributed by atoms with Crippen molar-refractivity contribution in [2.75, 3.05) is 5.32 Å². The molecule has 0 aliphatic rings. The number of carbonyl (C=O) groups excluding carboxylic acids is 1. The van der Waals surface area contributed by atoms with Crippen LogP contribution in [0.25, 0.3) is 21.7 Å². The molecule has 4 aromatic rings. The second-order valence-electron chi connectivity index (χ2n) is 6.21. The highest BCUT2D eigenvalue weighted by atomic mass is 35.5. The molecule has 0 aliphatic heterocycles. The Balaban J connectivity index is 1.70. The molecule has 3 aromatic heterocycles. The molecule has 9 heteroatoms. The zero-order valence-electron chi connectivity index (χ0n) is 15.0. The van der Waals surface area contributed by atoms with E-state index in [1.54, 1.807) is 24.3 Å². The molecule has 0 saturated carbocycles. The third-order valence-electron chi connectivity index (χ3n) is 4.11. The van der Waals surface area contributed by atoms with Gasteiger partial charge in [0.15, 0.2) is 11.3 Å². The molecule has 4 rings (SSSR count). The van der Waals surface area contributed by atoms with E-state index < -0.39 is 11.5 Å². The number of carbonyl (C=O) groups is 1. The van der Waals surface area contributed by atoms with E-state index in [4.69, 9.17) is 16.0 Å².